The SMILES string of the molecule is Cc1cc(C(O)C(CN)c2ccccc2)c(C)o1. The van der Waals surface area contributed by atoms with Crippen LogP contribution in [0.3, 0.4) is 0 Å². The van der Waals surface area contributed by atoms with Crippen molar-refractivity contribution in [3.63, 3.8) is 0 Å². The molecule has 0 spiro atoms. The van der Waals surface area contributed by atoms with E-state index in [1.54, 1.807) is 0 Å². The van der Waals surface area contributed by atoms with Crippen LogP contribution in [0.4, 0.5) is 0 Å². The number of aryl methyl sites for hydroxylation is 2. The zero-order chi connectivity index (χ0) is 13.1. The fraction of sp³-hybridized carbons (Fsp3) is 0.333. The van der Waals surface area contributed by atoms with Gasteiger partial charge in [0.2, 0.25) is 0 Å². The van der Waals surface area contributed by atoms with Gasteiger partial charge in [0.05, 0.1) is 6.10 Å². The zero-order valence-corrected chi connectivity index (χ0v) is 10.8. The summed E-state index contributed by atoms with van der Waals surface area (Å²) in [5.74, 6) is 1.46. The molecule has 2 atom stereocenters. The maximum absolute atomic E-state index is 10.5. The Labute approximate surface area is 107 Å². The minimum absolute atomic E-state index is 0.109. The number of hydrogen-bond acceptors (Lipinski definition) is 3. The van der Waals surface area contributed by atoms with Crippen LogP contribution in [0.25, 0.3) is 0 Å². The lowest BCUT2D eigenvalue weighted by molar-refractivity contribution is 0.145. The van der Waals surface area contributed by atoms with Crippen molar-refractivity contribution in [2.75, 3.05) is 6.54 Å². The Morgan fingerprint density at radius 1 is 1.22 bits per heavy atom. The van der Waals surface area contributed by atoms with E-state index in [0.29, 0.717) is 6.54 Å². The second-order valence-electron chi connectivity index (χ2n) is 4.57. The van der Waals surface area contributed by atoms with Crippen molar-refractivity contribution in [1.29, 1.82) is 0 Å². The number of hydrogen-bond donors (Lipinski definition) is 2. The summed E-state index contributed by atoms with van der Waals surface area (Å²) in [5, 5.41) is 10.5. The van der Waals surface area contributed by atoms with Gasteiger partial charge in [-0.15, -0.1) is 0 Å². The van der Waals surface area contributed by atoms with Gasteiger partial charge in [-0.1, -0.05) is 30.3 Å². The monoisotopic (exact) mass is 245 g/mol. The lowest BCUT2D eigenvalue weighted by Crippen LogP contribution is -2.20. The molecule has 3 N–H and O–H groups in total. The smallest absolute Gasteiger partial charge is 0.106 e. The van der Waals surface area contributed by atoms with Crippen molar-refractivity contribution < 1.29 is 9.52 Å². The van der Waals surface area contributed by atoms with Gasteiger partial charge in [-0.25, -0.2) is 0 Å². The molecule has 3 nitrogen and oxygen atoms in total. The summed E-state index contributed by atoms with van der Waals surface area (Å²) in [6.45, 7) is 4.14. The Morgan fingerprint density at radius 2 is 1.89 bits per heavy atom. The van der Waals surface area contributed by atoms with E-state index >= 15 is 0 Å². The first-order chi connectivity index (χ1) is 8.63. The van der Waals surface area contributed by atoms with Gasteiger partial charge in [-0.2, -0.15) is 0 Å². The lowest BCUT2D eigenvalue weighted by Gasteiger charge is -2.21. The van der Waals surface area contributed by atoms with Crippen LogP contribution in [0, 0.1) is 13.8 Å². The zero-order valence-electron chi connectivity index (χ0n) is 10.8. The van der Waals surface area contributed by atoms with E-state index in [2.05, 4.69) is 0 Å². The van der Waals surface area contributed by atoms with Crippen molar-refractivity contribution in [2.24, 2.45) is 5.73 Å². The van der Waals surface area contributed by atoms with Gasteiger partial charge in [0.1, 0.15) is 11.5 Å². The van der Waals surface area contributed by atoms with Crippen molar-refractivity contribution in [2.45, 2.75) is 25.9 Å². The van der Waals surface area contributed by atoms with Crippen molar-refractivity contribution in [3.8, 4) is 0 Å². The summed E-state index contributed by atoms with van der Waals surface area (Å²) < 4.78 is 5.47. The van der Waals surface area contributed by atoms with Gasteiger partial charge in [0, 0.05) is 18.0 Å². The van der Waals surface area contributed by atoms with E-state index in [4.69, 9.17) is 10.2 Å². The second kappa shape index (κ2) is 5.38. The molecule has 0 aliphatic heterocycles. The molecule has 0 radical (unpaired) electrons. The van der Waals surface area contributed by atoms with Crippen LogP contribution in [0.1, 0.15) is 34.7 Å². The Kier molecular flexibility index (Phi) is 3.84. The van der Waals surface area contributed by atoms with Crippen molar-refractivity contribution in [3.05, 3.63) is 59.0 Å². The standard InChI is InChI=1S/C15H19NO2/c1-10-8-13(11(2)18-10)15(17)14(9-16)12-6-4-3-5-7-12/h3-8,14-15,17H,9,16H2,1-2H3. The van der Waals surface area contributed by atoms with Gasteiger partial charge in [0.25, 0.3) is 0 Å². The van der Waals surface area contributed by atoms with E-state index < -0.39 is 6.10 Å². The number of rotatable bonds is 4. The van der Waals surface area contributed by atoms with Crippen molar-refractivity contribution >= 4 is 0 Å². The molecule has 1 aromatic carbocycles. The van der Waals surface area contributed by atoms with Gasteiger partial charge >= 0.3 is 0 Å². The van der Waals surface area contributed by atoms with Gasteiger partial charge < -0.3 is 15.3 Å². The highest BCUT2D eigenvalue weighted by atomic mass is 16.3. The maximum Gasteiger partial charge on any atom is 0.106 e. The molecule has 0 aliphatic carbocycles. The number of aliphatic hydroxyl groups is 1. The highest BCUT2D eigenvalue weighted by Gasteiger charge is 2.24. The van der Waals surface area contributed by atoms with Gasteiger partial charge in [0.15, 0.2) is 0 Å². The summed E-state index contributed by atoms with van der Waals surface area (Å²) >= 11 is 0. The van der Waals surface area contributed by atoms with Crippen LogP contribution in [-0.4, -0.2) is 11.7 Å². The Bertz CT molecular complexity index is 504. The Hall–Kier alpha value is -1.58. The molecule has 2 rings (SSSR count). The molecule has 0 saturated heterocycles. The average Bonchev–Trinajstić information content (AvgIpc) is 2.70. The number of aliphatic hydroxyl groups excluding tert-OH is 1. The summed E-state index contributed by atoms with van der Waals surface area (Å²) in [6.07, 6.45) is -0.630. The topological polar surface area (TPSA) is 59.4 Å². The average molecular weight is 245 g/mol. The number of benzene rings is 1. The fourth-order valence-electron chi connectivity index (χ4n) is 2.31. The first-order valence-electron chi connectivity index (χ1n) is 6.13. The first kappa shape index (κ1) is 12.9. The highest BCUT2D eigenvalue weighted by molar-refractivity contribution is 5.29. The molecule has 96 valence electrons. The van der Waals surface area contributed by atoms with E-state index in [1.807, 2.05) is 50.2 Å². The van der Waals surface area contributed by atoms with Crippen molar-refractivity contribution in [1.82, 2.24) is 0 Å². The molecule has 0 aliphatic rings. The van der Waals surface area contributed by atoms with Crippen LogP contribution < -0.4 is 5.73 Å². The normalized spacial score (nSPS) is 14.4. The number of furan rings is 1. The molecule has 1 aromatic heterocycles. The molecule has 18 heavy (non-hydrogen) atoms. The van der Waals surface area contributed by atoms with Gasteiger partial charge in [-0.05, 0) is 25.5 Å². The molecular formula is C15H19NO2. The van der Waals surface area contributed by atoms with Crippen LogP contribution >= 0.6 is 0 Å². The second-order valence-corrected chi connectivity index (χ2v) is 4.57. The molecule has 0 amide bonds. The van der Waals surface area contributed by atoms with Crippen LogP contribution in [-0.2, 0) is 0 Å². The molecule has 0 saturated carbocycles. The van der Waals surface area contributed by atoms with E-state index in [9.17, 15) is 5.11 Å². The quantitative estimate of drug-likeness (QED) is 0.870. The molecule has 2 unspecified atom stereocenters. The molecule has 2 aromatic rings. The van der Waals surface area contributed by atoms with Gasteiger partial charge in [-0.3, -0.25) is 0 Å². The Morgan fingerprint density at radius 3 is 2.39 bits per heavy atom. The van der Waals surface area contributed by atoms with Crippen LogP contribution in [0.15, 0.2) is 40.8 Å². The lowest BCUT2D eigenvalue weighted by atomic mass is 9.89. The number of nitrogens with two attached hydrogens (primary N) is 1. The van der Waals surface area contributed by atoms with E-state index in [1.165, 1.54) is 0 Å². The summed E-state index contributed by atoms with van der Waals surface area (Å²) in [5.41, 5.74) is 7.68. The third-order valence-electron chi connectivity index (χ3n) is 3.26. The molecule has 3 heteroatoms. The third-order valence-corrected chi connectivity index (χ3v) is 3.26. The predicted molar refractivity (Wildman–Crippen MR) is 71.4 cm³/mol. The maximum atomic E-state index is 10.5. The summed E-state index contributed by atoms with van der Waals surface area (Å²) in [4.78, 5) is 0. The fourth-order valence-corrected chi connectivity index (χ4v) is 2.31. The van der Waals surface area contributed by atoms with Crippen LogP contribution in [0.2, 0.25) is 0 Å². The molecule has 1 heterocycles. The minimum atomic E-state index is -0.630. The largest absolute Gasteiger partial charge is 0.466 e. The molecule has 0 fully saturated rings. The Balaban J connectivity index is 2.31. The summed E-state index contributed by atoms with van der Waals surface area (Å²) in [6, 6.07) is 11.7. The van der Waals surface area contributed by atoms with Crippen LogP contribution in [0.5, 0.6) is 0 Å². The van der Waals surface area contributed by atoms with E-state index in [-0.39, 0.29) is 5.92 Å². The first-order valence-corrected chi connectivity index (χ1v) is 6.13. The predicted octanol–water partition coefficient (Wildman–Crippen LogP) is 2.67. The molecular weight excluding hydrogens is 226 g/mol. The highest BCUT2D eigenvalue weighted by Crippen LogP contribution is 2.33. The summed E-state index contributed by atoms with van der Waals surface area (Å²) in [7, 11) is 0. The third kappa shape index (κ3) is 2.47. The minimum Gasteiger partial charge on any atom is -0.466 e. The van der Waals surface area contributed by atoms with E-state index in [0.717, 1.165) is 22.6 Å². The molecule has 0 bridgehead atoms.